The highest BCUT2D eigenvalue weighted by Crippen LogP contribution is 2.42. The van der Waals surface area contributed by atoms with Crippen LogP contribution in [-0.2, 0) is 0 Å². The van der Waals surface area contributed by atoms with Gasteiger partial charge < -0.3 is 10.8 Å². The van der Waals surface area contributed by atoms with Crippen LogP contribution in [0.2, 0.25) is 5.02 Å². The fraction of sp³-hybridized carbons (Fsp3) is 0.444. The van der Waals surface area contributed by atoms with Crippen molar-refractivity contribution in [1.82, 2.24) is 4.98 Å². The molecule has 0 saturated heterocycles. The number of halogens is 1. The van der Waals surface area contributed by atoms with Gasteiger partial charge in [0.15, 0.2) is 0 Å². The standard InChI is InChI=1S/C9H11ClN2O/c10-6-3-7(9(11)12-4-6)8(13)5-1-2-5/h3-5,8,13H,1-2H2,(H2,11,12). The fourth-order valence-electron chi connectivity index (χ4n) is 1.37. The molecular formula is C9H11ClN2O. The lowest BCUT2D eigenvalue weighted by molar-refractivity contribution is 0.154. The predicted molar refractivity (Wildman–Crippen MR) is 51.3 cm³/mol. The summed E-state index contributed by atoms with van der Waals surface area (Å²) in [6.07, 6.45) is 3.12. The van der Waals surface area contributed by atoms with Crippen LogP contribution < -0.4 is 5.73 Å². The molecule has 0 spiro atoms. The lowest BCUT2D eigenvalue weighted by Gasteiger charge is -2.11. The molecule has 0 amide bonds. The first-order valence-corrected chi connectivity index (χ1v) is 4.65. The van der Waals surface area contributed by atoms with Gasteiger partial charge >= 0.3 is 0 Å². The molecule has 3 nitrogen and oxygen atoms in total. The molecule has 1 aromatic heterocycles. The second kappa shape index (κ2) is 3.16. The Kier molecular flexibility index (Phi) is 2.14. The Morgan fingerprint density at radius 2 is 2.31 bits per heavy atom. The van der Waals surface area contributed by atoms with Crippen LogP contribution in [0.3, 0.4) is 0 Å². The summed E-state index contributed by atoms with van der Waals surface area (Å²) in [5.74, 6) is 0.728. The van der Waals surface area contributed by atoms with Crippen LogP contribution in [0.25, 0.3) is 0 Å². The molecule has 70 valence electrons. The number of aliphatic hydroxyl groups is 1. The van der Waals surface area contributed by atoms with E-state index in [1.165, 1.54) is 6.20 Å². The smallest absolute Gasteiger partial charge is 0.129 e. The van der Waals surface area contributed by atoms with E-state index >= 15 is 0 Å². The van der Waals surface area contributed by atoms with Crippen molar-refractivity contribution in [2.45, 2.75) is 18.9 Å². The molecule has 2 rings (SSSR count). The van der Waals surface area contributed by atoms with E-state index in [1.807, 2.05) is 0 Å². The lowest BCUT2D eigenvalue weighted by atomic mass is 10.1. The monoisotopic (exact) mass is 198 g/mol. The molecule has 0 aromatic carbocycles. The lowest BCUT2D eigenvalue weighted by Crippen LogP contribution is -2.05. The minimum Gasteiger partial charge on any atom is -0.388 e. The van der Waals surface area contributed by atoms with E-state index in [1.54, 1.807) is 6.07 Å². The molecule has 1 heterocycles. The van der Waals surface area contributed by atoms with Crippen LogP contribution in [0.1, 0.15) is 24.5 Å². The summed E-state index contributed by atoms with van der Waals surface area (Å²) < 4.78 is 0. The van der Waals surface area contributed by atoms with Crippen molar-refractivity contribution >= 4 is 17.4 Å². The average Bonchev–Trinajstić information content (AvgIpc) is 2.91. The molecule has 0 radical (unpaired) electrons. The number of hydrogen-bond acceptors (Lipinski definition) is 3. The normalized spacial score (nSPS) is 18.6. The van der Waals surface area contributed by atoms with Gasteiger partial charge in [-0.2, -0.15) is 0 Å². The van der Waals surface area contributed by atoms with Crippen molar-refractivity contribution in [3.8, 4) is 0 Å². The van der Waals surface area contributed by atoms with Crippen molar-refractivity contribution in [3.05, 3.63) is 22.8 Å². The largest absolute Gasteiger partial charge is 0.388 e. The van der Waals surface area contributed by atoms with Crippen LogP contribution in [0, 0.1) is 5.92 Å². The number of rotatable bonds is 2. The highest BCUT2D eigenvalue weighted by Gasteiger charge is 2.32. The Labute approximate surface area is 81.5 Å². The number of anilines is 1. The number of nitrogens with two attached hydrogens (primary N) is 1. The van der Waals surface area contributed by atoms with E-state index in [9.17, 15) is 5.11 Å². The zero-order valence-corrected chi connectivity index (χ0v) is 7.83. The molecular weight excluding hydrogens is 188 g/mol. The Morgan fingerprint density at radius 1 is 1.62 bits per heavy atom. The second-order valence-electron chi connectivity index (χ2n) is 3.41. The highest BCUT2D eigenvalue weighted by molar-refractivity contribution is 6.30. The van der Waals surface area contributed by atoms with Gasteiger partial charge in [-0.1, -0.05) is 11.6 Å². The van der Waals surface area contributed by atoms with Gasteiger partial charge in [-0.15, -0.1) is 0 Å². The molecule has 4 heteroatoms. The molecule has 1 unspecified atom stereocenters. The number of aromatic nitrogens is 1. The summed E-state index contributed by atoms with van der Waals surface area (Å²) in [5, 5.41) is 10.3. The van der Waals surface area contributed by atoms with Crippen molar-refractivity contribution in [1.29, 1.82) is 0 Å². The van der Waals surface area contributed by atoms with E-state index in [2.05, 4.69) is 4.98 Å². The quantitative estimate of drug-likeness (QED) is 0.762. The maximum absolute atomic E-state index is 9.79. The van der Waals surface area contributed by atoms with Crippen LogP contribution in [0.4, 0.5) is 5.82 Å². The molecule has 3 N–H and O–H groups in total. The number of nitrogen functional groups attached to an aromatic ring is 1. The Hall–Kier alpha value is -0.800. The SMILES string of the molecule is Nc1ncc(Cl)cc1C(O)C1CC1. The predicted octanol–water partition coefficient (Wildman–Crippen LogP) is 1.76. The Bertz CT molecular complexity index is 325. The molecule has 0 bridgehead atoms. The first-order valence-electron chi connectivity index (χ1n) is 4.27. The number of aliphatic hydroxyl groups excluding tert-OH is 1. The van der Waals surface area contributed by atoms with Gasteiger partial charge in [-0.3, -0.25) is 0 Å². The third-order valence-corrected chi connectivity index (χ3v) is 2.51. The molecule has 13 heavy (non-hydrogen) atoms. The first kappa shape index (κ1) is 8.78. The fourth-order valence-corrected chi connectivity index (χ4v) is 1.53. The third-order valence-electron chi connectivity index (χ3n) is 2.30. The van der Waals surface area contributed by atoms with E-state index in [0.29, 0.717) is 22.3 Å². The van der Waals surface area contributed by atoms with Crippen LogP contribution in [0.5, 0.6) is 0 Å². The maximum atomic E-state index is 9.79. The van der Waals surface area contributed by atoms with Crippen LogP contribution >= 0.6 is 11.6 Å². The Balaban J connectivity index is 2.31. The van der Waals surface area contributed by atoms with Crippen LogP contribution in [0.15, 0.2) is 12.3 Å². The number of nitrogens with zero attached hydrogens (tertiary/aromatic N) is 1. The van der Waals surface area contributed by atoms with Crippen LogP contribution in [-0.4, -0.2) is 10.1 Å². The van der Waals surface area contributed by atoms with Gasteiger partial charge in [0, 0.05) is 11.8 Å². The van der Waals surface area contributed by atoms with Gasteiger partial charge in [0.25, 0.3) is 0 Å². The molecule has 1 aliphatic carbocycles. The molecule has 1 atom stereocenters. The van der Waals surface area contributed by atoms with E-state index in [-0.39, 0.29) is 0 Å². The van der Waals surface area contributed by atoms with Gasteiger partial charge in [-0.25, -0.2) is 4.98 Å². The molecule has 1 aliphatic rings. The second-order valence-corrected chi connectivity index (χ2v) is 3.85. The van der Waals surface area contributed by atoms with Gasteiger partial charge in [-0.05, 0) is 24.8 Å². The van der Waals surface area contributed by atoms with Crippen molar-refractivity contribution < 1.29 is 5.11 Å². The summed E-state index contributed by atoms with van der Waals surface area (Å²) in [4.78, 5) is 3.90. The first-order chi connectivity index (χ1) is 6.18. The molecule has 1 fully saturated rings. The number of pyridine rings is 1. The van der Waals surface area contributed by atoms with Crippen molar-refractivity contribution in [2.75, 3.05) is 5.73 Å². The van der Waals surface area contributed by atoms with Gasteiger partial charge in [0.1, 0.15) is 5.82 Å². The minimum atomic E-state index is -0.494. The third kappa shape index (κ3) is 1.76. The summed E-state index contributed by atoms with van der Waals surface area (Å²) in [5.41, 5.74) is 6.29. The minimum absolute atomic E-state index is 0.350. The van der Waals surface area contributed by atoms with Crippen molar-refractivity contribution in [3.63, 3.8) is 0 Å². The highest BCUT2D eigenvalue weighted by atomic mass is 35.5. The summed E-state index contributed by atoms with van der Waals surface area (Å²) in [6.45, 7) is 0. The van der Waals surface area contributed by atoms with E-state index < -0.39 is 6.10 Å². The summed E-state index contributed by atoms with van der Waals surface area (Å²) >= 11 is 5.76. The van der Waals surface area contributed by atoms with E-state index in [0.717, 1.165) is 12.8 Å². The van der Waals surface area contributed by atoms with E-state index in [4.69, 9.17) is 17.3 Å². The zero-order chi connectivity index (χ0) is 9.42. The molecule has 0 aliphatic heterocycles. The maximum Gasteiger partial charge on any atom is 0.129 e. The topological polar surface area (TPSA) is 59.1 Å². The molecule has 1 aromatic rings. The zero-order valence-electron chi connectivity index (χ0n) is 7.07. The number of hydrogen-bond donors (Lipinski definition) is 2. The summed E-state index contributed by atoms with van der Waals surface area (Å²) in [6, 6.07) is 1.69. The van der Waals surface area contributed by atoms with Crippen molar-refractivity contribution in [2.24, 2.45) is 5.92 Å². The van der Waals surface area contributed by atoms with Gasteiger partial charge in [0.05, 0.1) is 11.1 Å². The van der Waals surface area contributed by atoms with Gasteiger partial charge in [0.2, 0.25) is 0 Å². The summed E-state index contributed by atoms with van der Waals surface area (Å²) in [7, 11) is 0. The molecule has 1 saturated carbocycles. The Morgan fingerprint density at radius 3 is 2.92 bits per heavy atom. The average molecular weight is 199 g/mol.